The van der Waals surface area contributed by atoms with E-state index in [1.165, 1.54) is 4.90 Å². The van der Waals surface area contributed by atoms with E-state index in [1.807, 2.05) is 23.9 Å². The zero-order chi connectivity index (χ0) is 10.6. The highest BCUT2D eigenvalue weighted by Crippen LogP contribution is 2.28. The van der Waals surface area contributed by atoms with Crippen LogP contribution in [-0.4, -0.2) is 31.3 Å². The Labute approximate surface area is 98.0 Å². The van der Waals surface area contributed by atoms with Crippen LogP contribution < -0.4 is 5.73 Å². The number of halogens is 1. The Hall–Kier alpha value is -0.190. The summed E-state index contributed by atoms with van der Waals surface area (Å²) >= 11 is 5.34. The van der Waals surface area contributed by atoms with E-state index in [-0.39, 0.29) is 0 Å². The molecule has 2 N–H and O–H groups in total. The molecule has 0 bridgehead atoms. The van der Waals surface area contributed by atoms with Crippen LogP contribution in [-0.2, 0) is 0 Å². The molecule has 0 atom stereocenters. The standard InChI is InChI=1S/C10H15BrN2S/c1-13(2)5-6-14-10-4-3-8(12)7-9(10)11/h3-4,7H,5-6,12H2,1-2H3. The van der Waals surface area contributed by atoms with Crippen molar-refractivity contribution in [2.24, 2.45) is 0 Å². The maximum absolute atomic E-state index is 5.66. The molecule has 0 fully saturated rings. The van der Waals surface area contributed by atoms with E-state index in [2.05, 4.69) is 41.0 Å². The van der Waals surface area contributed by atoms with E-state index in [1.54, 1.807) is 0 Å². The summed E-state index contributed by atoms with van der Waals surface area (Å²) in [7, 11) is 4.16. The highest BCUT2D eigenvalue weighted by Gasteiger charge is 2.00. The van der Waals surface area contributed by atoms with Crippen LogP contribution in [0.3, 0.4) is 0 Å². The molecule has 1 aromatic carbocycles. The minimum atomic E-state index is 0.800. The SMILES string of the molecule is CN(C)CCSc1ccc(N)cc1Br. The van der Waals surface area contributed by atoms with E-state index < -0.39 is 0 Å². The van der Waals surface area contributed by atoms with Gasteiger partial charge in [-0.1, -0.05) is 0 Å². The number of rotatable bonds is 4. The van der Waals surface area contributed by atoms with Crippen molar-refractivity contribution in [1.82, 2.24) is 4.90 Å². The molecule has 78 valence electrons. The predicted octanol–water partition coefficient (Wildman–Crippen LogP) is 2.69. The van der Waals surface area contributed by atoms with Crippen LogP contribution in [0.15, 0.2) is 27.6 Å². The molecule has 4 heteroatoms. The number of thioether (sulfide) groups is 1. The number of nitrogens with zero attached hydrogens (tertiary/aromatic N) is 1. The Morgan fingerprint density at radius 1 is 1.43 bits per heavy atom. The van der Waals surface area contributed by atoms with Gasteiger partial charge in [0.2, 0.25) is 0 Å². The summed E-state index contributed by atoms with van der Waals surface area (Å²) in [6, 6.07) is 5.93. The Morgan fingerprint density at radius 3 is 2.71 bits per heavy atom. The van der Waals surface area contributed by atoms with Gasteiger partial charge in [0.1, 0.15) is 0 Å². The van der Waals surface area contributed by atoms with Gasteiger partial charge in [-0.2, -0.15) is 0 Å². The summed E-state index contributed by atoms with van der Waals surface area (Å²) in [5.41, 5.74) is 6.46. The minimum Gasteiger partial charge on any atom is -0.399 e. The monoisotopic (exact) mass is 274 g/mol. The van der Waals surface area contributed by atoms with E-state index in [0.717, 1.165) is 22.5 Å². The van der Waals surface area contributed by atoms with Gasteiger partial charge in [0, 0.05) is 27.4 Å². The Bertz CT molecular complexity index is 302. The molecule has 0 saturated heterocycles. The summed E-state index contributed by atoms with van der Waals surface area (Å²) < 4.78 is 1.08. The van der Waals surface area contributed by atoms with Crippen molar-refractivity contribution < 1.29 is 0 Å². The largest absolute Gasteiger partial charge is 0.399 e. The van der Waals surface area contributed by atoms with Crippen LogP contribution in [0.25, 0.3) is 0 Å². The Kier molecular flexibility index (Phi) is 4.78. The van der Waals surface area contributed by atoms with Crippen molar-refractivity contribution in [3.05, 3.63) is 22.7 Å². The normalized spacial score (nSPS) is 10.9. The number of nitrogen functional groups attached to an aromatic ring is 1. The maximum atomic E-state index is 5.66. The van der Waals surface area contributed by atoms with Crippen molar-refractivity contribution in [3.63, 3.8) is 0 Å². The molecule has 0 aliphatic carbocycles. The summed E-state index contributed by atoms with van der Waals surface area (Å²) in [5.74, 6) is 1.09. The highest BCUT2D eigenvalue weighted by atomic mass is 79.9. The number of benzene rings is 1. The highest BCUT2D eigenvalue weighted by molar-refractivity contribution is 9.10. The summed E-state index contributed by atoms with van der Waals surface area (Å²) in [6.45, 7) is 1.08. The molecular formula is C10H15BrN2S. The van der Waals surface area contributed by atoms with Gasteiger partial charge in [0.15, 0.2) is 0 Å². The Balaban J connectivity index is 2.51. The lowest BCUT2D eigenvalue weighted by Gasteiger charge is -2.09. The predicted molar refractivity (Wildman–Crippen MR) is 67.8 cm³/mol. The first kappa shape index (κ1) is 11.9. The van der Waals surface area contributed by atoms with Gasteiger partial charge in [-0.25, -0.2) is 0 Å². The van der Waals surface area contributed by atoms with Crippen molar-refractivity contribution >= 4 is 33.4 Å². The molecule has 0 unspecified atom stereocenters. The molecule has 14 heavy (non-hydrogen) atoms. The molecule has 0 aliphatic rings. The third-order valence-electron chi connectivity index (χ3n) is 1.75. The lowest BCUT2D eigenvalue weighted by Crippen LogP contribution is -2.14. The van der Waals surface area contributed by atoms with Crippen molar-refractivity contribution in [2.45, 2.75) is 4.90 Å². The molecule has 0 amide bonds. The summed E-state index contributed by atoms with van der Waals surface area (Å²) in [5, 5.41) is 0. The van der Waals surface area contributed by atoms with Crippen molar-refractivity contribution in [1.29, 1.82) is 0 Å². The zero-order valence-electron chi connectivity index (χ0n) is 8.46. The molecule has 0 aromatic heterocycles. The molecule has 2 nitrogen and oxygen atoms in total. The van der Waals surface area contributed by atoms with E-state index in [9.17, 15) is 0 Å². The first-order valence-corrected chi connectivity index (χ1v) is 6.20. The summed E-state index contributed by atoms with van der Waals surface area (Å²) in [4.78, 5) is 3.43. The minimum absolute atomic E-state index is 0.800. The van der Waals surface area contributed by atoms with Gasteiger partial charge in [0.25, 0.3) is 0 Å². The van der Waals surface area contributed by atoms with Crippen LogP contribution >= 0.6 is 27.7 Å². The molecular weight excluding hydrogens is 260 g/mol. The fraction of sp³-hybridized carbons (Fsp3) is 0.400. The van der Waals surface area contributed by atoms with Crippen LogP contribution in [0.4, 0.5) is 5.69 Å². The third kappa shape index (κ3) is 3.90. The lowest BCUT2D eigenvalue weighted by atomic mass is 10.3. The van der Waals surface area contributed by atoms with Crippen LogP contribution in [0.1, 0.15) is 0 Å². The first-order chi connectivity index (χ1) is 6.59. The molecule has 0 aliphatic heterocycles. The average Bonchev–Trinajstić information content (AvgIpc) is 2.08. The van der Waals surface area contributed by atoms with E-state index in [0.29, 0.717) is 0 Å². The fourth-order valence-electron chi connectivity index (χ4n) is 0.972. The molecule has 1 aromatic rings. The quantitative estimate of drug-likeness (QED) is 0.676. The topological polar surface area (TPSA) is 29.3 Å². The molecule has 1 rings (SSSR count). The first-order valence-electron chi connectivity index (χ1n) is 4.42. The number of nitrogens with two attached hydrogens (primary N) is 1. The third-order valence-corrected chi connectivity index (χ3v) is 3.72. The van der Waals surface area contributed by atoms with Crippen molar-refractivity contribution in [2.75, 3.05) is 32.1 Å². The molecule has 0 heterocycles. The van der Waals surface area contributed by atoms with Crippen LogP contribution in [0, 0.1) is 0 Å². The zero-order valence-corrected chi connectivity index (χ0v) is 10.9. The molecule has 0 spiro atoms. The van der Waals surface area contributed by atoms with Crippen molar-refractivity contribution in [3.8, 4) is 0 Å². The average molecular weight is 275 g/mol. The second-order valence-electron chi connectivity index (χ2n) is 3.34. The van der Waals surface area contributed by atoms with Gasteiger partial charge in [-0.05, 0) is 48.2 Å². The van der Waals surface area contributed by atoms with Crippen LogP contribution in [0.5, 0.6) is 0 Å². The molecule has 0 radical (unpaired) electrons. The van der Waals surface area contributed by atoms with Gasteiger partial charge >= 0.3 is 0 Å². The molecule has 0 saturated carbocycles. The Morgan fingerprint density at radius 2 is 2.14 bits per heavy atom. The lowest BCUT2D eigenvalue weighted by molar-refractivity contribution is 0.437. The number of hydrogen-bond donors (Lipinski definition) is 1. The second-order valence-corrected chi connectivity index (χ2v) is 5.33. The summed E-state index contributed by atoms with van der Waals surface area (Å²) in [6.07, 6.45) is 0. The maximum Gasteiger partial charge on any atom is 0.0331 e. The number of hydrogen-bond acceptors (Lipinski definition) is 3. The number of anilines is 1. The smallest absolute Gasteiger partial charge is 0.0331 e. The van der Waals surface area contributed by atoms with Gasteiger partial charge in [0.05, 0.1) is 0 Å². The van der Waals surface area contributed by atoms with E-state index in [4.69, 9.17) is 5.73 Å². The second kappa shape index (κ2) is 5.63. The van der Waals surface area contributed by atoms with E-state index >= 15 is 0 Å². The van der Waals surface area contributed by atoms with Gasteiger partial charge in [-0.15, -0.1) is 11.8 Å². The van der Waals surface area contributed by atoms with Gasteiger partial charge < -0.3 is 10.6 Å². The fourth-order valence-corrected chi connectivity index (χ4v) is 2.75. The van der Waals surface area contributed by atoms with Crippen LogP contribution in [0.2, 0.25) is 0 Å². The van der Waals surface area contributed by atoms with Gasteiger partial charge in [-0.3, -0.25) is 0 Å².